The summed E-state index contributed by atoms with van der Waals surface area (Å²) < 4.78 is 0. The van der Waals surface area contributed by atoms with E-state index in [0.717, 1.165) is 24.5 Å². The van der Waals surface area contributed by atoms with Crippen LogP contribution >= 0.6 is 0 Å². The Morgan fingerprint density at radius 2 is 1.81 bits per heavy atom. The van der Waals surface area contributed by atoms with Gasteiger partial charge >= 0.3 is 0 Å². The number of para-hydroxylation sites is 1. The fourth-order valence-corrected chi connectivity index (χ4v) is 3.36. The molecule has 0 atom stereocenters. The summed E-state index contributed by atoms with van der Waals surface area (Å²) in [5.41, 5.74) is 5.95. The Morgan fingerprint density at radius 1 is 1.00 bits per heavy atom. The van der Waals surface area contributed by atoms with E-state index in [0.29, 0.717) is 5.95 Å². The second-order valence-corrected chi connectivity index (χ2v) is 6.80. The molecule has 5 heteroatoms. The Balaban J connectivity index is 1.40. The van der Waals surface area contributed by atoms with E-state index in [1.54, 1.807) is 6.20 Å². The highest BCUT2D eigenvalue weighted by Gasteiger charge is 2.04. The van der Waals surface area contributed by atoms with Gasteiger partial charge < -0.3 is 15.6 Å². The summed E-state index contributed by atoms with van der Waals surface area (Å²) in [5.74, 6) is 1.41. The van der Waals surface area contributed by atoms with Gasteiger partial charge in [0.25, 0.3) is 0 Å². The van der Waals surface area contributed by atoms with Crippen LogP contribution in [0.15, 0.2) is 60.9 Å². The van der Waals surface area contributed by atoms with E-state index < -0.39 is 0 Å². The molecule has 0 saturated heterocycles. The summed E-state index contributed by atoms with van der Waals surface area (Å²) in [6.07, 6.45) is 4.75. The van der Waals surface area contributed by atoms with Gasteiger partial charge in [0.15, 0.2) is 0 Å². The van der Waals surface area contributed by atoms with Crippen LogP contribution in [0.5, 0.6) is 0 Å². The molecule has 0 amide bonds. The van der Waals surface area contributed by atoms with E-state index in [4.69, 9.17) is 0 Å². The number of fused-ring (bicyclic) bond motifs is 1. The molecule has 27 heavy (non-hydrogen) atoms. The third-order valence-electron chi connectivity index (χ3n) is 4.50. The summed E-state index contributed by atoms with van der Waals surface area (Å²) >= 11 is 0. The monoisotopic (exact) mass is 357 g/mol. The van der Waals surface area contributed by atoms with E-state index in [-0.39, 0.29) is 0 Å². The number of anilines is 3. The molecule has 2 aromatic heterocycles. The van der Waals surface area contributed by atoms with Gasteiger partial charge in [-0.3, -0.25) is 0 Å². The van der Waals surface area contributed by atoms with Crippen molar-refractivity contribution >= 4 is 28.4 Å². The maximum atomic E-state index is 4.57. The van der Waals surface area contributed by atoms with Crippen LogP contribution in [0.1, 0.15) is 16.7 Å². The molecule has 4 aromatic rings. The van der Waals surface area contributed by atoms with Crippen molar-refractivity contribution in [3.63, 3.8) is 0 Å². The smallest absolute Gasteiger partial charge is 0.224 e. The molecule has 136 valence electrons. The van der Waals surface area contributed by atoms with Crippen molar-refractivity contribution in [1.29, 1.82) is 0 Å². The normalized spacial score (nSPS) is 10.9. The van der Waals surface area contributed by atoms with Crippen LogP contribution in [0.25, 0.3) is 10.9 Å². The molecule has 0 aliphatic rings. The molecule has 0 unspecified atom stereocenters. The first-order chi connectivity index (χ1) is 13.2. The Kier molecular flexibility index (Phi) is 4.75. The molecule has 0 bridgehead atoms. The number of hydrogen-bond donors (Lipinski definition) is 3. The Bertz CT molecular complexity index is 1050. The molecule has 2 heterocycles. The molecular weight excluding hydrogens is 334 g/mol. The highest BCUT2D eigenvalue weighted by atomic mass is 15.1. The van der Waals surface area contributed by atoms with Gasteiger partial charge in [-0.15, -0.1) is 0 Å². The zero-order valence-electron chi connectivity index (χ0n) is 15.6. The molecule has 2 aromatic carbocycles. The Morgan fingerprint density at radius 3 is 2.67 bits per heavy atom. The van der Waals surface area contributed by atoms with Crippen LogP contribution in [0, 0.1) is 13.8 Å². The number of aryl methyl sites for hydroxylation is 2. The number of H-pyrrole nitrogens is 1. The Hall–Kier alpha value is -3.34. The summed E-state index contributed by atoms with van der Waals surface area (Å²) in [5, 5.41) is 7.95. The first-order valence-corrected chi connectivity index (χ1v) is 9.14. The van der Waals surface area contributed by atoms with E-state index >= 15 is 0 Å². The van der Waals surface area contributed by atoms with E-state index in [2.05, 4.69) is 82.0 Å². The van der Waals surface area contributed by atoms with Gasteiger partial charge in [-0.1, -0.05) is 24.3 Å². The first-order valence-electron chi connectivity index (χ1n) is 9.14. The van der Waals surface area contributed by atoms with Gasteiger partial charge in [0.05, 0.1) is 0 Å². The highest BCUT2D eigenvalue weighted by molar-refractivity contribution is 5.83. The van der Waals surface area contributed by atoms with Gasteiger partial charge in [-0.25, -0.2) is 4.98 Å². The number of benzene rings is 2. The zero-order chi connectivity index (χ0) is 18.6. The van der Waals surface area contributed by atoms with Gasteiger partial charge in [0, 0.05) is 35.5 Å². The number of rotatable bonds is 6. The molecule has 0 radical (unpaired) electrons. The maximum absolute atomic E-state index is 4.57. The molecule has 0 aliphatic heterocycles. The highest BCUT2D eigenvalue weighted by Crippen LogP contribution is 2.20. The largest absolute Gasteiger partial charge is 0.361 e. The lowest BCUT2D eigenvalue weighted by atomic mass is 10.1. The van der Waals surface area contributed by atoms with Crippen molar-refractivity contribution < 1.29 is 0 Å². The van der Waals surface area contributed by atoms with Crippen molar-refractivity contribution in [2.24, 2.45) is 0 Å². The fourth-order valence-electron chi connectivity index (χ4n) is 3.36. The van der Waals surface area contributed by atoms with Gasteiger partial charge in [0.2, 0.25) is 5.95 Å². The SMILES string of the molecule is Cc1cc(C)cc(Nc2ccnc(NCCc3c[nH]c4ccccc34)n2)c1. The van der Waals surface area contributed by atoms with Crippen LogP contribution in [0.2, 0.25) is 0 Å². The number of aromatic nitrogens is 3. The van der Waals surface area contributed by atoms with Crippen LogP contribution < -0.4 is 10.6 Å². The summed E-state index contributed by atoms with van der Waals surface area (Å²) in [4.78, 5) is 12.2. The van der Waals surface area contributed by atoms with Gasteiger partial charge in [-0.2, -0.15) is 4.98 Å². The van der Waals surface area contributed by atoms with Crippen LogP contribution in [0.3, 0.4) is 0 Å². The van der Waals surface area contributed by atoms with Crippen molar-refractivity contribution in [1.82, 2.24) is 15.0 Å². The third-order valence-corrected chi connectivity index (χ3v) is 4.50. The number of hydrogen-bond acceptors (Lipinski definition) is 4. The first kappa shape index (κ1) is 17.1. The minimum absolute atomic E-state index is 0.629. The molecule has 5 nitrogen and oxygen atoms in total. The number of nitrogens with zero attached hydrogens (tertiary/aromatic N) is 2. The molecule has 0 spiro atoms. The van der Waals surface area contributed by atoms with E-state index in [1.807, 2.05) is 12.1 Å². The predicted octanol–water partition coefficient (Wildman–Crippen LogP) is 4.97. The minimum Gasteiger partial charge on any atom is -0.361 e. The van der Waals surface area contributed by atoms with Crippen molar-refractivity contribution in [3.8, 4) is 0 Å². The molecule has 0 aliphatic carbocycles. The minimum atomic E-state index is 0.629. The van der Waals surface area contributed by atoms with Gasteiger partial charge in [-0.05, 0) is 61.2 Å². The molecule has 4 rings (SSSR count). The molecule has 0 fully saturated rings. The third kappa shape index (κ3) is 4.08. The van der Waals surface area contributed by atoms with Crippen LogP contribution in [-0.4, -0.2) is 21.5 Å². The molecule has 0 saturated carbocycles. The summed E-state index contributed by atoms with van der Waals surface area (Å²) in [6.45, 7) is 4.96. The van der Waals surface area contributed by atoms with Crippen LogP contribution in [0.4, 0.5) is 17.5 Å². The number of nitrogens with one attached hydrogen (secondary N) is 3. The lowest BCUT2D eigenvalue weighted by molar-refractivity contribution is 0.991. The van der Waals surface area contributed by atoms with Crippen molar-refractivity contribution in [3.05, 3.63) is 77.6 Å². The molecular formula is C22H23N5. The number of aromatic amines is 1. The summed E-state index contributed by atoms with van der Waals surface area (Å²) in [6, 6.07) is 16.6. The lowest BCUT2D eigenvalue weighted by Crippen LogP contribution is -2.08. The fraction of sp³-hybridized carbons (Fsp3) is 0.182. The lowest BCUT2D eigenvalue weighted by Gasteiger charge is -2.10. The van der Waals surface area contributed by atoms with E-state index in [1.165, 1.54) is 27.6 Å². The Labute approximate surface area is 158 Å². The maximum Gasteiger partial charge on any atom is 0.224 e. The predicted molar refractivity (Wildman–Crippen MR) is 112 cm³/mol. The van der Waals surface area contributed by atoms with Crippen molar-refractivity contribution in [2.45, 2.75) is 20.3 Å². The van der Waals surface area contributed by atoms with E-state index in [9.17, 15) is 0 Å². The topological polar surface area (TPSA) is 65.6 Å². The quantitative estimate of drug-likeness (QED) is 0.456. The zero-order valence-corrected chi connectivity index (χ0v) is 15.6. The molecule has 3 N–H and O–H groups in total. The van der Waals surface area contributed by atoms with Crippen molar-refractivity contribution in [2.75, 3.05) is 17.2 Å². The average Bonchev–Trinajstić information content (AvgIpc) is 3.05. The summed E-state index contributed by atoms with van der Waals surface area (Å²) in [7, 11) is 0. The standard InChI is InChI=1S/C22H23N5/c1-15-11-16(2)13-18(12-15)26-21-8-10-24-22(27-21)23-9-7-17-14-25-20-6-4-3-5-19(17)20/h3-6,8,10-14,25H,7,9H2,1-2H3,(H2,23,24,26,27). The van der Waals surface area contributed by atoms with Crippen LogP contribution in [-0.2, 0) is 6.42 Å². The van der Waals surface area contributed by atoms with Gasteiger partial charge in [0.1, 0.15) is 5.82 Å². The second kappa shape index (κ2) is 7.50. The second-order valence-electron chi connectivity index (χ2n) is 6.80. The average molecular weight is 357 g/mol.